The van der Waals surface area contributed by atoms with E-state index in [4.69, 9.17) is 0 Å². The fourth-order valence-electron chi connectivity index (χ4n) is 2.32. The summed E-state index contributed by atoms with van der Waals surface area (Å²) in [6.45, 7) is 4.01. The van der Waals surface area contributed by atoms with E-state index >= 15 is 0 Å². The van der Waals surface area contributed by atoms with Gasteiger partial charge in [-0.05, 0) is 26.0 Å². The van der Waals surface area contributed by atoms with Crippen molar-refractivity contribution in [3.63, 3.8) is 0 Å². The minimum absolute atomic E-state index is 0.0108. The van der Waals surface area contributed by atoms with Gasteiger partial charge in [-0.15, -0.1) is 10.2 Å². The zero-order valence-electron chi connectivity index (χ0n) is 13.1. The summed E-state index contributed by atoms with van der Waals surface area (Å²) < 4.78 is 3.62. The van der Waals surface area contributed by atoms with Gasteiger partial charge in [-0.25, -0.2) is 9.13 Å². The lowest BCUT2D eigenvalue weighted by Gasteiger charge is -1.99. The highest BCUT2D eigenvalue weighted by Gasteiger charge is 2.21. The molecule has 2 N–H and O–H groups in total. The van der Waals surface area contributed by atoms with E-state index in [1.807, 2.05) is 24.7 Å². The van der Waals surface area contributed by atoms with Crippen molar-refractivity contribution in [3.05, 3.63) is 40.9 Å². The molecule has 0 spiro atoms. The average Bonchev–Trinajstić information content (AvgIpc) is 2.84. The van der Waals surface area contributed by atoms with Crippen molar-refractivity contribution in [1.29, 1.82) is 0 Å². The first-order chi connectivity index (χ1) is 11.0. The number of para-hydroxylation sites is 1. The molecule has 8 nitrogen and oxygen atoms in total. The monoisotopic (exact) mass is 313 g/mol. The van der Waals surface area contributed by atoms with Crippen LogP contribution in [0.1, 0.15) is 19.9 Å². The van der Waals surface area contributed by atoms with E-state index in [-0.39, 0.29) is 23.3 Å². The molecule has 0 bridgehead atoms. The molecule has 0 aliphatic carbocycles. The van der Waals surface area contributed by atoms with Crippen molar-refractivity contribution in [1.82, 2.24) is 14.5 Å². The van der Waals surface area contributed by atoms with Gasteiger partial charge in [0.15, 0.2) is 0 Å². The van der Waals surface area contributed by atoms with Crippen LogP contribution in [-0.2, 0) is 7.05 Å². The summed E-state index contributed by atoms with van der Waals surface area (Å²) in [6.07, 6.45) is 1.82. The molecule has 8 heteroatoms. The van der Waals surface area contributed by atoms with Crippen LogP contribution in [0.5, 0.6) is 5.75 Å². The van der Waals surface area contributed by atoms with Gasteiger partial charge in [0, 0.05) is 0 Å². The molecule has 1 aromatic carbocycles. The van der Waals surface area contributed by atoms with Crippen LogP contribution in [-0.4, -0.2) is 19.6 Å². The number of azo groups is 1. The number of aromatic nitrogens is 4. The number of nitrogens with one attached hydrogen (secondary N) is 1. The Balaban J connectivity index is 2.11. The van der Waals surface area contributed by atoms with Gasteiger partial charge in [0.1, 0.15) is 11.4 Å². The largest absolute Gasteiger partial charge is 0.506 e. The van der Waals surface area contributed by atoms with Crippen LogP contribution >= 0.6 is 0 Å². The number of fused-ring (bicyclic) bond motifs is 1. The Bertz CT molecular complexity index is 954. The maximum absolute atomic E-state index is 12.3. The van der Waals surface area contributed by atoms with Gasteiger partial charge in [0.2, 0.25) is 6.33 Å². The maximum atomic E-state index is 12.3. The van der Waals surface area contributed by atoms with Crippen molar-refractivity contribution in [2.24, 2.45) is 17.3 Å². The van der Waals surface area contributed by atoms with Gasteiger partial charge in [-0.3, -0.25) is 9.78 Å². The van der Waals surface area contributed by atoms with Crippen molar-refractivity contribution in [2.45, 2.75) is 19.9 Å². The highest BCUT2D eigenvalue weighted by Crippen LogP contribution is 2.26. The second-order valence-electron chi connectivity index (χ2n) is 5.48. The number of H-pyrrole nitrogens is 1. The van der Waals surface area contributed by atoms with Crippen LogP contribution in [0.4, 0.5) is 11.6 Å². The minimum atomic E-state index is -0.289. The third-order valence-corrected chi connectivity index (χ3v) is 3.45. The molecule has 118 valence electrons. The number of nitrogens with zero attached hydrogens (tertiary/aromatic N) is 5. The number of phenols is 1. The van der Waals surface area contributed by atoms with E-state index < -0.39 is 0 Å². The molecule has 0 aliphatic heterocycles. The van der Waals surface area contributed by atoms with Crippen LogP contribution in [0, 0.1) is 0 Å². The smallest absolute Gasteiger partial charge is 0.304 e. The molecule has 3 aromatic rings. The van der Waals surface area contributed by atoms with Gasteiger partial charge < -0.3 is 5.11 Å². The molecular formula is C15H17N6O2+. The zero-order chi connectivity index (χ0) is 16.6. The summed E-state index contributed by atoms with van der Waals surface area (Å²) in [7, 11) is 1.79. The molecule has 0 saturated carbocycles. The van der Waals surface area contributed by atoms with E-state index in [9.17, 15) is 9.90 Å². The van der Waals surface area contributed by atoms with Crippen LogP contribution in [0.15, 0.2) is 45.6 Å². The molecule has 0 fully saturated rings. The molecule has 0 aliphatic rings. The molecule has 0 saturated heterocycles. The Labute approximate surface area is 131 Å². The summed E-state index contributed by atoms with van der Waals surface area (Å²) in [6, 6.07) is 6.70. The van der Waals surface area contributed by atoms with E-state index in [0.717, 1.165) is 0 Å². The number of aromatic amines is 1. The number of phenolic OH excluding ortho intramolecular Hbond substituents is 1. The summed E-state index contributed by atoms with van der Waals surface area (Å²) in [5.41, 5.74) is 1.03. The van der Waals surface area contributed by atoms with Crippen molar-refractivity contribution >= 4 is 22.8 Å². The SMILES string of the molecule is CC(C)n1c[n+](C)c2c(=O)[nH]c(/N=N/c3ccccc3O)nc21. The Morgan fingerprint density at radius 3 is 2.74 bits per heavy atom. The normalized spacial score (nSPS) is 11.8. The predicted molar refractivity (Wildman–Crippen MR) is 84.2 cm³/mol. The van der Waals surface area contributed by atoms with Crippen LogP contribution in [0.3, 0.4) is 0 Å². The number of benzene rings is 1. The Morgan fingerprint density at radius 2 is 2.04 bits per heavy atom. The van der Waals surface area contributed by atoms with Crippen molar-refractivity contribution < 1.29 is 9.67 Å². The van der Waals surface area contributed by atoms with E-state index in [0.29, 0.717) is 16.9 Å². The number of rotatable bonds is 3. The summed E-state index contributed by atoms with van der Waals surface area (Å²) >= 11 is 0. The molecule has 2 aromatic heterocycles. The molecule has 0 amide bonds. The topological polar surface area (TPSA) is 99.5 Å². The molecule has 0 unspecified atom stereocenters. The average molecular weight is 313 g/mol. The number of hydrogen-bond acceptors (Lipinski definition) is 5. The first-order valence-electron chi connectivity index (χ1n) is 7.17. The third-order valence-electron chi connectivity index (χ3n) is 3.45. The minimum Gasteiger partial charge on any atom is -0.506 e. The quantitative estimate of drug-likeness (QED) is 0.573. The number of hydrogen-bond donors (Lipinski definition) is 2. The second kappa shape index (κ2) is 5.64. The zero-order valence-corrected chi connectivity index (χ0v) is 13.1. The summed E-state index contributed by atoms with van der Waals surface area (Å²) in [5, 5.41) is 17.5. The Kier molecular flexibility index (Phi) is 3.65. The van der Waals surface area contributed by atoms with E-state index in [1.54, 1.807) is 29.8 Å². The van der Waals surface area contributed by atoms with Crippen molar-refractivity contribution in [2.75, 3.05) is 0 Å². The van der Waals surface area contributed by atoms with Gasteiger partial charge >= 0.3 is 5.56 Å². The lowest BCUT2D eigenvalue weighted by atomic mass is 10.3. The lowest BCUT2D eigenvalue weighted by Crippen LogP contribution is -2.31. The molecule has 0 radical (unpaired) electrons. The highest BCUT2D eigenvalue weighted by atomic mass is 16.3. The first-order valence-corrected chi connectivity index (χ1v) is 7.17. The van der Waals surface area contributed by atoms with Gasteiger partial charge in [-0.2, -0.15) is 4.98 Å². The molecule has 3 rings (SSSR count). The second-order valence-corrected chi connectivity index (χ2v) is 5.48. The fraction of sp³-hybridized carbons (Fsp3) is 0.267. The molecule has 23 heavy (non-hydrogen) atoms. The number of aromatic hydroxyl groups is 1. The number of aryl methyl sites for hydroxylation is 1. The van der Waals surface area contributed by atoms with Crippen LogP contribution in [0.25, 0.3) is 11.2 Å². The summed E-state index contributed by atoms with van der Waals surface area (Å²) in [4.78, 5) is 19.2. The highest BCUT2D eigenvalue weighted by molar-refractivity contribution is 5.66. The van der Waals surface area contributed by atoms with Gasteiger partial charge in [0.05, 0.1) is 13.1 Å². The van der Waals surface area contributed by atoms with Crippen LogP contribution < -0.4 is 10.1 Å². The molecule has 2 heterocycles. The molecular weight excluding hydrogens is 296 g/mol. The lowest BCUT2D eigenvalue weighted by molar-refractivity contribution is -0.646. The number of imidazole rings is 1. The van der Waals surface area contributed by atoms with Gasteiger partial charge in [-0.1, -0.05) is 12.1 Å². The van der Waals surface area contributed by atoms with Crippen molar-refractivity contribution in [3.8, 4) is 5.75 Å². The molecule has 0 atom stereocenters. The summed E-state index contributed by atoms with van der Waals surface area (Å²) in [5.74, 6) is 0.1000. The fourth-order valence-corrected chi connectivity index (χ4v) is 2.32. The van der Waals surface area contributed by atoms with E-state index in [1.165, 1.54) is 6.07 Å². The Hall–Kier alpha value is -3.03. The maximum Gasteiger partial charge on any atom is 0.304 e. The Morgan fingerprint density at radius 1 is 1.30 bits per heavy atom. The van der Waals surface area contributed by atoms with Crippen LogP contribution in [0.2, 0.25) is 0 Å². The van der Waals surface area contributed by atoms with E-state index in [2.05, 4.69) is 20.2 Å². The van der Waals surface area contributed by atoms with Gasteiger partial charge in [0.25, 0.3) is 17.1 Å². The standard InChI is InChI=1S/C15H16N6O2/c1-9(2)21-8-20(3)12-13(21)16-15(17-14(12)23)19-18-10-6-4-5-7-11(10)22/h4-9H,1-3H3,(H-,16,17,19,22,23)/p+1. The predicted octanol–water partition coefficient (Wildman–Crippen LogP) is 2.25. The third kappa shape index (κ3) is 2.70. The first kappa shape index (κ1) is 14.9.